The third kappa shape index (κ3) is 2.69. The maximum Gasteiger partial charge on any atom is 0.313 e. The van der Waals surface area contributed by atoms with Gasteiger partial charge in [-0.15, -0.1) is 11.3 Å². The van der Waals surface area contributed by atoms with Crippen molar-refractivity contribution in [2.24, 2.45) is 0 Å². The number of nitrogens with zero attached hydrogens (tertiary/aromatic N) is 3. The molecule has 1 aliphatic heterocycles. The van der Waals surface area contributed by atoms with Crippen molar-refractivity contribution in [2.45, 2.75) is 44.9 Å². The van der Waals surface area contributed by atoms with E-state index in [0.29, 0.717) is 5.82 Å². The van der Waals surface area contributed by atoms with Crippen LogP contribution in [-0.4, -0.2) is 36.1 Å². The van der Waals surface area contributed by atoms with Gasteiger partial charge in [0.2, 0.25) is 0 Å². The van der Waals surface area contributed by atoms with Crippen molar-refractivity contribution in [1.29, 1.82) is 0 Å². The van der Waals surface area contributed by atoms with Crippen molar-refractivity contribution in [3.63, 3.8) is 0 Å². The zero-order chi connectivity index (χ0) is 15.8. The third-order valence-corrected chi connectivity index (χ3v) is 5.96. The molecule has 0 radical (unpaired) electrons. The fourth-order valence-electron chi connectivity index (χ4n) is 3.62. The van der Waals surface area contributed by atoms with Gasteiger partial charge < -0.3 is 9.64 Å². The van der Waals surface area contributed by atoms with E-state index in [0.717, 1.165) is 36.6 Å². The SMILES string of the molecule is COC(=O)Cc1nc(N2CCCC2)c2c3c(sc2n1)CCCC3. The van der Waals surface area contributed by atoms with Crippen molar-refractivity contribution in [2.75, 3.05) is 25.1 Å². The summed E-state index contributed by atoms with van der Waals surface area (Å²) < 4.78 is 4.78. The van der Waals surface area contributed by atoms with Crippen LogP contribution in [0.5, 0.6) is 0 Å². The normalized spacial score (nSPS) is 17.5. The summed E-state index contributed by atoms with van der Waals surface area (Å²) in [7, 11) is 1.41. The van der Waals surface area contributed by atoms with E-state index in [1.165, 1.54) is 48.6 Å². The molecule has 2 aromatic heterocycles. The van der Waals surface area contributed by atoms with Gasteiger partial charge in [0, 0.05) is 18.0 Å². The van der Waals surface area contributed by atoms with Crippen LogP contribution >= 0.6 is 11.3 Å². The first-order valence-electron chi connectivity index (χ1n) is 8.39. The second-order valence-corrected chi connectivity index (χ2v) is 7.39. The Morgan fingerprint density at radius 2 is 1.96 bits per heavy atom. The average Bonchev–Trinajstić information content (AvgIpc) is 3.21. The first kappa shape index (κ1) is 14.9. The van der Waals surface area contributed by atoms with E-state index in [1.807, 2.05) is 0 Å². The Kier molecular flexibility index (Phi) is 3.93. The molecule has 2 aliphatic rings. The lowest BCUT2D eigenvalue weighted by molar-refractivity contribution is -0.139. The summed E-state index contributed by atoms with van der Waals surface area (Å²) in [6.45, 7) is 2.10. The molecule has 3 heterocycles. The quantitative estimate of drug-likeness (QED) is 0.810. The summed E-state index contributed by atoms with van der Waals surface area (Å²) in [5, 5.41) is 1.25. The number of ether oxygens (including phenoxy) is 1. The van der Waals surface area contributed by atoms with E-state index in [9.17, 15) is 4.79 Å². The van der Waals surface area contributed by atoms with E-state index in [-0.39, 0.29) is 12.4 Å². The molecule has 5 nitrogen and oxygen atoms in total. The molecule has 0 unspecified atom stereocenters. The number of thiophene rings is 1. The zero-order valence-electron chi connectivity index (χ0n) is 13.4. The largest absolute Gasteiger partial charge is 0.469 e. The van der Waals surface area contributed by atoms with E-state index in [2.05, 4.69) is 9.88 Å². The average molecular weight is 331 g/mol. The van der Waals surface area contributed by atoms with E-state index in [1.54, 1.807) is 11.3 Å². The van der Waals surface area contributed by atoms with E-state index in [4.69, 9.17) is 9.72 Å². The molecule has 0 N–H and O–H groups in total. The number of esters is 1. The molecule has 0 bridgehead atoms. The number of anilines is 1. The first-order valence-corrected chi connectivity index (χ1v) is 9.21. The van der Waals surface area contributed by atoms with Crippen LogP contribution in [-0.2, 0) is 28.8 Å². The van der Waals surface area contributed by atoms with Crippen molar-refractivity contribution < 1.29 is 9.53 Å². The molecule has 1 aliphatic carbocycles. The molecule has 23 heavy (non-hydrogen) atoms. The zero-order valence-corrected chi connectivity index (χ0v) is 14.2. The topological polar surface area (TPSA) is 55.3 Å². The molecule has 0 aromatic carbocycles. The summed E-state index contributed by atoms with van der Waals surface area (Å²) in [5.74, 6) is 1.36. The molecule has 6 heteroatoms. The Hall–Kier alpha value is -1.69. The molecule has 0 amide bonds. The fraction of sp³-hybridized carbons (Fsp3) is 0.588. The number of rotatable bonds is 3. The number of fused-ring (bicyclic) bond motifs is 3. The highest BCUT2D eigenvalue weighted by atomic mass is 32.1. The number of carbonyl (C=O) groups is 1. The summed E-state index contributed by atoms with van der Waals surface area (Å²) >= 11 is 1.79. The smallest absolute Gasteiger partial charge is 0.313 e. The summed E-state index contributed by atoms with van der Waals surface area (Å²) in [4.78, 5) is 26.0. The minimum absolute atomic E-state index is 0.149. The van der Waals surface area contributed by atoms with Crippen LogP contribution in [0.3, 0.4) is 0 Å². The molecule has 1 fully saturated rings. The molecule has 0 spiro atoms. The maximum atomic E-state index is 11.6. The number of aryl methyl sites for hydroxylation is 2. The number of aromatic nitrogens is 2. The summed E-state index contributed by atoms with van der Waals surface area (Å²) in [6, 6.07) is 0. The van der Waals surface area contributed by atoms with Gasteiger partial charge in [0.25, 0.3) is 0 Å². The van der Waals surface area contributed by atoms with Gasteiger partial charge in [0.15, 0.2) is 0 Å². The predicted molar refractivity (Wildman–Crippen MR) is 91.2 cm³/mol. The molecular weight excluding hydrogens is 310 g/mol. The Labute approximate surface area is 139 Å². The van der Waals surface area contributed by atoms with Gasteiger partial charge in [0.05, 0.1) is 12.5 Å². The summed E-state index contributed by atoms with van der Waals surface area (Å²) in [6.07, 6.45) is 7.38. The fourth-order valence-corrected chi connectivity index (χ4v) is 4.89. The highest BCUT2D eigenvalue weighted by Gasteiger charge is 2.25. The molecular formula is C17H21N3O2S. The van der Waals surface area contributed by atoms with Gasteiger partial charge in [-0.25, -0.2) is 9.97 Å². The highest BCUT2D eigenvalue weighted by molar-refractivity contribution is 7.19. The lowest BCUT2D eigenvalue weighted by atomic mass is 9.97. The van der Waals surface area contributed by atoms with Crippen LogP contribution in [0.15, 0.2) is 0 Å². The Morgan fingerprint density at radius 1 is 1.17 bits per heavy atom. The Morgan fingerprint density at radius 3 is 2.74 bits per heavy atom. The standard InChI is InChI=1S/C17H21N3O2S/c1-22-14(21)10-13-18-16(20-8-4-5-9-20)15-11-6-2-3-7-12(11)23-17(15)19-13/h2-10H2,1H3. The van der Waals surface area contributed by atoms with Crippen LogP contribution in [0.1, 0.15) is 41.9 Å². The minimum Gasteiger partial charge on any atom is -0.469 e. The molecule has 1 saturated heterocycles. The molecule has 0 atom stereocenters. The molecule has 0 saturated carbocycles. The molecule has 2 aromatic rings. The highest BCUT2D eigenvalue weighted by Crippen LogP contribution is 2.40. The lowest BCUT2D eigenvalue weighted by Crippen LogP contribution is -2.21. The van der Waals surface area contributed by atoms with E-state index >= 15 is 0 Å². The van der Waals surface area contributed by atoms with Gasteiger partial charge in [-0.3, -0.25) is 4.79 Å². The second-order valence-electron chi connectivity index (χ2n) is 6.30. The van der Waals surface area contributed by atoms with Gasteiger partial charge in [-0.2, -0.15) is 0 Å². The van der Waals surface area contributed by atoms with Crippen molar-refractivity contribution >= 4 is 33.3 Å². The molecule has 4 rings (SSSR count). The van der Waals surface area contributed by atoms with Gasteiger partial charge in [0.1, 0.15) is 22.9 Å². The summed E-state index contributed by atoms with van der Waals surface area (Å²) in [5.41, 5.74) is 1.46. The van der Waals surface area contributed by atoms with Crippen LogP contribution < -0.4 is 4.90 Å². The van der Waals surface area contributed by atoms with Gasteiger partial charge in [-0.05, 0) is 44.1 Å². The predicted octanol–water partition coefficient (Wildman–Crippen LogP) is 2.89. The number of methoxy groups -OCH3 is 1. The van der Waals surface area contributed by atoms with Crippen LogP contribution in [0, 0.1) is 0 Å². The monoisotopic (exact) mass is 331 g/mol. The number of hydrogen-bond donors (Lipinski definition) is 0. The third-order valence-electron chi connectivity index (χ3n) is 4.78. The van der Waals surface area contributed by atoms with E-state index < -0.39 is 0 Å². The van der Waals surface area contributed by atoms with Crippen molar-refractivity contribution in [1.82, 2.24) is 9.97 Å². The van der Waals surface area contributed by atoms with Gasteiger partial charge in [-0.1, -0.05) is 0 Å². The first-order chi connectivity index (χ1) is 11.3. The number of carbonyl (C=O) groups excluding carboxylic acids is 1. The van der Waals surface area contributed by atoms with Gasteiger partial charge >= 0.3 is 5.97 Å². The minimum atomic E-state index is -0.280. The van der Waals surface area contributed by atoms with Crippen LogP contribution in [0.2, 0.25) is 0 Å². The number of hydrogen-bond acceptors (Lipinski definition) is 6. The van der Waals surface area contributed by atoms with Crippen molar-refractivity contribution in [3.05, 3.63) is 16.3 Å². The maximum absolute atomic E-state index is 11.6. The Bertz CT molecular complexity index is 750. The Balaban J connectivity index is 1.86. The van der Waals surface area contributed by atoms with Crippen LogP contribution in [0.4, 0.5) is 5.82 Å². The van der Waals surface area contributed by atoms with Crippen molar-refractivity contribution in [3.8, 4) is 0 Å². The molecule has 122 valence electrons. The lowest BCUT2D eigenvalue weighted by Gasteiger charge is -2.20. The second kappa shape index (κ2) is 6.07. The van der Waals surface area contributed by atoms with Crippen LogP contribution in [0.25, 0.3) is 10.2 Å².